The van der Waals surface area contributed by atoms with Crippen LogP contribution in [-0.2, 0) is 6.42 Å². The quantitative estimate of drug-likeness (QED) is 0.782. The topological polar surface area (TPSA) is 12.0 Å². The minimum absolute atomic E-state index is 0.310. The number of benzene rings is 2. The van der Waals surface area contributed by atoms with Crippen molar-refractivity contribution in [1.82, 2.24) is 5.32 Å². The molecule has 0 saturated carbocycles. The molecule has 0 aromatic heterocycles. The number of halogens is 2. The minimum atomic E-state index is 0.310. The van der Waals surface area contributed by atoms with Crippen LogP contribution < -0.4 is 5.32 Å². The third-order valence-electron chi connectivity index (χ3n) is 3.21. The second kappa shape index (κ2) is 6.69. The van der Waals surface area contributed by atoms with Crippen LogP contribution in [0.25, 0.3) is 0 Å². The first kappa shape index (κ1) is 14.8. The van der Waals surface area contributed by atoms with Crippen molar-refractivity contribution in [2.24, 2.45) is 0 Å². The summed E-state index contributed by atoms with van der Waals surface area (Å²) in [4.78, 5) is 0. The Morgan fingerprint density at radius 1 is 1.11 bits per heavy atom. The van der Waals surface area contributed by atoms with Crippen molar-refractivity contribution in [1.29, 1.82) is 0 Å². The molecule has 2 aromatic rings. The molecule has 2 rings (SSSR count). The summed E-state index contributed by atoms with van der Waals surface area (Å²) in [5.74, 6) is 0. The van der Waals surface area contributed by atoms with Crippen molar-refractivity contribution in [3.8, 4) is 0 Å². The first-order chi connectivity index (χ1) is 9.10. The summed E-state index contributed by atoms with van der Waals surface area (Å²) >= 11 is 7.19. The van der Waals surface area contributed by atoms with Gasteiger partial charge in [0.1, 0.15) is 0 Å². The molecular formula is C16H17Br2N. The van der Waals surface area contributed by atoms with Gasteiger partial charge in [-0.3, -0.25) is 0 Å². The van der Waals surface area contributed by atoms with E-state index in [1.54, 1.807) is 0 Å². The lowest BCUT2D eigenvalue weighted by atomic mass is 9.98. The van der Waals surface area contributed by atoms with Gasteiger partial charge in [0.15, 0.2) is 0 Å². The van der Waals surface area contributed by atoms with E-state index in [0.717, 1.165) is 10.9 Å². The Morgan fingerprint density at radius 2 is 1.89 bits per heavy atom. The van der Waals surface area contributed by atoms with Crippen LogP contribution in [0.3, 0.4) is 0 Å². The molecule has 1 atom stereocenters. The highest BCUT2D eigenvalue weighted by Gasteiger charge is 2.13. The molecule has 0 fully saturated rings. The van der Waals surface area contributed by atoms with Crippen LogP contribution in [0.1, 0.15) is 22.7 Å². The molecule has 0 saturated heterocycles. The van der Waals surface area contributed by atoms with E-state index in [1.807, 2.05) is 7.05 Å². The van der Waals surface area contributed by atoms with Gasteiger partial charge in [-0.05, 0) is 55.3 Å². The summed E-state index contributed by atoms with van der Waals surface area (Å²) in [5.41, 5.74) is 3.89. The van der Waals surface area contributed by atoms with E-state index in [4.69, 9.17) is 0 Å². The zero-order chi connectivity index (χ0) is 13.8. The third-order valence-corrected chi connectivity index (χ3v) is 4.39. The first-order valence-corrected chi connectivity index (χ1v) is 7.86. The lowest BCUT2D eigenvalue weighted by Gasteiger charge is -2.19. The molecule has 0 aliphatic heterocycles. The summed E-state index contributed by atoms with van der Waals surface area (Å²) < 4.78 is 2.30. The number of likely N-dealkylation sites (N-methyl/N-ethyl adjacent to an activating group) is 1. The fourth-order valence-corrected chi connectivity index (χ4v) is 3.40. The van der Waals surface area contributed by atoms with E-state index < -0.39 is 0 Å². The Balaban J connectivity index is 2.25. The monoisotopic (exact) mass is 381 g/mol. The molecule has 1 N–H and O–H groups in total. The van der Waals surface area contributed by atoms with E-state index in [-0.39, 0.29) is 0 Å². The fraction of sp³-hybridized carbons (Fsp3) is 0.250. The van der Waals surface area contributed by atoms with Gasteiger partial charge in [-0.2, -0.15) is 0 Å². The molecule has 100 valence electrons. The van der Waals surface area contributed by atoms with E-state index in [9.17, 15) is 0 Å². The predicted molar refractivity (Wildman–Crippen MR) is 88.5 cm³/mol. The number of hydrogen-bond acceptors (Lipinski definition) is 1. The Labute approximate surface area is 131 Å². The normalized spacial score (nSPS) is 12.4. The maximum atomic E-state index is 3.67. The molecule has 0 bridgehead atoms. The molecule has 3 heteroatoms. The van der Waals surface area contributed by atoms with Gasteiger partial charge in [0.05, 0.1) is 0 Å². The van der Waals surface area contributed by atoms with Crippen LogP contribution in [0.2, 0.25) is 0 Å². The van der Waals surface area contributed by atoms with Crippen molar-refractivity contribution < 1.29 is 0 Å². The third kappa shape index (κ3) is 3.91. The average Bonchev–Trinajstić information content (AvgIpc) is 2.37. The Morgan fingerprint density at radius 3 is 2.53 bits per heavy atom. The maximum absolute atomic E-state index is 3.67. The summed E-state index contributed by atoms with van der Waals surface area (Å²) in [6, 6.07) is 15.3. The van der Waals surface area contributed by atoms with Gasteiger partial charge in [-0.1, -0.05) is 56.1 Å². The Bertz CT molecular complexity index is 566. The van der Waals surface area contributed by atoms with Crippen molar-refractivity contribution >= 4 is 31.9 Å². The molecule has 0 amide bonds. The average molecular weight is 383 g/mol. The number of nitrogens with one attached hydrogen (secondary N) is 1. The lowest BCUT2D eigenvalue weighted by Crippen LogP contribution is -2.19. The van der Waals surface area contributed by atoms with Gasteiger partial charge in [-0.15, -0.1) is 0 Å². The number of hydrogen-bond donors (Lipinski definition) is 1. The van der Waals surface area contributed by atoms with Gasteiger partial charge in [-0.25, -0.2) is 0 Å². The summed E-state index contributed by atoms with van der Waals surface area (Å²) in [6.07, 6.45) is 0.970. The fourth-order valence-electron chi connectivity index (χ4n) is 2.18. The van der Waals surface area contributed by atoms with E-state index in [2.05, 4.69) is 86.6 Å². The Hall–Kier alpha value is -0.640. The minimum Gasteiger partial charge on any atom is -0.313 e. The molecule has 1 unspecified atom stereocenters. The van der Waals surface area contributed by atoms with Crippen LogP contribution in [0.4, 0.5) is 0 Å². The molecule has 2 aromatic carbocycles. The molecular weight excluding hydrogens is 366 g/mol. The van der Waals surface area contributed by atoms with Crippen molar-refractivity contribution in [2.45, 2.75) is 19.4 Å². The van der Waals surface area contributed by atoms with Crippen molar-refractivity contribution in [3.05, 3.63) is 68.1 Å². The highest BCUT2D eigenvalue weighted by molar-refractivity contribution is 9.10. The number of aryl methyl sites for hydroxylation is 1. The highest BCUT2D eigenvalue weighted by atomic mass is 79.9. The Kier molecular flexibility index (Phi) is 5.20. The zero-order valence-electron chi connectivity index (χ0n) is 11.1. The van der Waals surface area contributed by atoms with Crippen LogP contribution in [-0.4, -0.2) is 7.05 Å². The van der Waals surface area contributed by atoms with Gasteiger partial charge < -0.3 is 5.32 Å². The molecule has 19 heavy (non-hydrogen) atoms. The smallest absolute Gasteiger partial charge is 0.0369 e. The van der Waals surface area contributed by atoms with Crippen LogP contribution in [0.5, 0.6) is 0 Å². The summed E-state index contributed by atoms with van der Waals surface area (Å²) in [7, 11) is 2.01. The van der Waals surface area contributed by atoms with Gasteiger partial charge in [0.25, 0.3) is 0 Å². The lowest BCUT2D eigenvalue weighted by molar-refractivity contribution is 0.589. The zero-order valence-corrected chi connectivity index (χ0v) is 14.3. The van der Waals surface area contributed by atoms with Crippen LogP contribution in [0, 0.1) is 6.92 Å². The molecule has 0 aliphatic carbocycles. The first-order valence-electron chi connectivity index (χ1n) is 6.28. The standard InChI is InChI=1S/C16H17Br2N/c1-11-6-7-14(15(18)8-11)16(19-2)10-12-4-3-5-13(17)9-12/h3-9,16,19H,10H2,1-2H3. The molecule has 0 radical (unpaired) electrons. The number of rotatable bonds is 4. The second-order valence-electron chi connectivity index (χ2n) is 4.70. The van der Waals surface area contributed by atoms with Crippen molar-refractivity contribution in [3.63, 3.8) is 0 Å². The largest absolute Gasteiger partial charge is 0.313 e. The van der Waals surface area contributed by atoms with Crippen LogP contribution in [0.15, 0.2) is 51.4 Å². The van der Waals surface area contributed by atoms with Crippen LogP contribution >= 0.6 is 31.9 Å². The summed E-state index contributed by atoms with van der Waals surface area (Å²) in [6.45, 7) is 2.11. The van der Waals surface area contributed by atoms with Crippen molar-refractivity contribution in [2.75, 3.05) is 7.05 Å². The van der Waals surface area contributed by atoms with E-state index >= 15 is 0 Å². The predicted octanol–water partition coefficient (Wildman–Crippen LogP) is 5.02. The van der Waals surface area contributed by atoms with Gasteiger partial charge in [0.2, 0.25) is 0 Å². The maximum Gasteiger partial charge on any atom is 0.0369 e. The summed E-state index contributed by atoms with van der Waals surface area (Å²) in [5, 5.41) is 3.40. The molecule has 1 nitrogen and oxygen atoms in total. The highest BCUT2D eigenvalue weighted by Crippen LogP contribution is 2.27. The molecule has 0 aliphatic rings. The van der Waals surface area contributed by atoms with E-state index in [0.29, 0.717) is 6.04 Å². The van der Waals surface area contributed by atoms with Gasteiger partial charge in [0, 0.05) is 15.0 Å². The van der Waals surface area contributed by atoms with E-state index in [1.165, 1.54) is 21.2 Å². The SMILES string of the molecule is CNC(Cc1cccc(Br)c1)c1ccc(C)cc1Br. The van der Waals surface area contributed by atoms with Gasteiger partial charge >= 0.3 is 0 Å². The second-order valence-corrected chi connectivity index (χ2v) is 6.47. The molecule has 0 heterocycles. The molecule has 0 spiro atoms.